The molecule has 0 radical (unpaired) electrons. The minimum absolute atomic E-state index is 0.0418. The number of H-pyrrole nitrogens is 1. The molecule has 0 bridgehead atoms. The molecule has 20 heavy (non-hydrogen) atoms. The van der Waals surface area contributed by atoms with Crippen LogP contribution in [0.2, 0.25) is 0 Å². The molecule has 1 heterocycles. The number of aromatic amines is 1. The Labute approximate surface area is 120 Å². The van der Waals surface area contributed by atoms with Gasteiger partial charge in [0.25, 0.3) is 5.69 Å². The number of para-hydroxylation sites is 1. The number of aryl methyl sites for hydroxylation is 1. The summed E-state index contributed by atoms with van der Waals surface area (Å²) in [6, 6.07) is 5.12. The van der Waals surface area contributed by atoms with Crippen LogP contribution in [0.15, 0.2) is 18.2 Å². The molecular weight excluding hydrogens is 280 g/mol. The standard InChI is InChI=1S/C12H14N4O3S/c1-8-4-3-5-9(10(8)16(17)18)11-13-14-12(20)15(11)6-7-19-2/h3-5H,6-7H2,1-2H3,(H,14,20). The van der Waals surface area contributed by atoms with E-state index >= 15 is 0 Å². The number of methoxy groups -OCH3 is 1. The van der Waals surface area contributed by atoms with E-state index in [-0.39, 0.29) is 5.69 Å². The van der Waals surface area contributed by atoms with Crippen molar-refractivity contribution in [3.8, 4) is 11.4 Å². The zero-order valence-electron chi connectivity index (χ0n) is 11.1. The summed E-state index contributed by atoms with van der Waals surface area (Å²) in [6.07, 6.45) is 0. The molecule has 0 unspecified atom stereocenters. The lowest BCUT2D eigenvalue weighted by Crippen LogP contribution is -2.07. The normalized spacial score (nSPS) is 10.7. The summed E-state index contributed by atoms with van der Waals surface area (Å²) in [5, 5.41) is 18.0. The molecule has 7 nitrogen and oxygen atoms in total. The third-order valence-corrected chi connectivity index (χ3v) is 3.25. The van der Waals surface area contributed by atoms with E-state index in [1.807, 2.05) is 0 Å². The number of nitrogens with zero attached hydrogens (tertiary/aromatic N) is 3. The van der Waals surface area contributed by atoms with Crippen molar-refractivity contribution in [3.63, 3.8) is 0 Å². The fourth-order valence-corrected chi connectivity index (χ4v) is 2.22. The van der Waals surface area contributed by atoms with E-state index in [9.17, 15) is 10.1 Å². The van der Waals surface area contributed by atoms with E-state index < -0.39 is 4.92 Å². The highest BCUT2D eigenvalue weighted by molar-refractivity contribution is 7.71. The Kier molecular flexibility index (Phi) is 4.26. The minimum atomic E-state index is -0.400. The summed E-state index contributed by atoms with van der Waals surface area (Å²) < 4.78 is 7.12. The van der Waals surface area contributed by atoms with Crippen LogP contribution in [0.5, 0.6) is 0 Å². The molecule has 0 atom stereocenters. The van der Waals surface area contributed by atoms with Crippen molar-refractivity contribution in [2.45, 2.75) is 13.5 Å². The van der Waals surface area contributed by atoms with E-state index in [1.54, 1.807) is 36.8 Å². The van der Waals surface area contributed by atoms with Gasteiger partial charge in [0.1, 0.15) is 0 Å². The molecule has 0 amide bonds. The zero-order valence-corrected chi connectivity index (χ0v) is 11.9. The molecule has 0 saturated carbocycles. The van der Waals surface area contributed by atoms with E-state index in [2.05, 4.69) is 10.2 Å². The predicted molar refractivity (Wildman–Crippen MR) is 76.1 cm³/mol. The third-order valence-electron chi connectivity index (χ3n) is 2.94. The number of nitrogens with one attached hydrogen (secondary N) is 1. The maximum Gasteiger partial charge on any atom is 0.283 e. The SMILES string of the molecule is COCCn1c(-c2cccc(C)c2[N+](=O)[O-])n[nH]c1=S. The smallest absolute Gasteiger partial charge is 0.283 e. The van der Waals surface area contributed by atoms with Gasteiger partial charge in [0.2, 0.25) is 0 Å². The molecule has 2 aromatic rings. The summed E-state index contributed by atoms with van der Waals surface area (Å²) in [7, 11) is 1.58. The van der Waals surface area contributed by atoms with Crippen LogP contribution >= 0.6 is 12.2 Å². The van der Waals surface area contributed by atoms with Gasteiger partial charge in [-0.05, 0) is 25.2 Å². The van der Waals surface area contributed by atoms with Gasteiger partial charge in [0.15, 0.2) is 10.6 Å². The monoisotopic (exact) mass is 294 g/mol. The minimum Gasteiger partial charge on any atom is -0.383 e. The molecule has 0 aliphatic rings. The first kappa shape index (κ1) is 14.4. The van der Waals surface area contributed by atoms with Crippen LogP contribution in [0, 0.1) is 21.8 Å². The zero-order chi connectivity index (χ0) is 14.7. The second-order valence-electron chi connectivity index (χ2n) is 4.22. The van der Waals surface area contributed by atoms with Gasteiger partial charge in [0.05, 0.1) is 23.6 Å². The molecule has 0 saturated heterocycles. The second-order valence-corrected chi connectivity index (χ2v) is 4.61. The third kappa shape index (κ3) is 2.61. The maximum atomic E-state index is 11.3. The quantitative estimate of drug-likeness (QED) is 0.520. The number of rotatable bonds is 5. The molecule has 0 spiro atoms. The van der Waals surface area contributed by atoms with E-state index in [0.717, 1.165) is 0 Å². The van der Waals surface area contributed by atoms with Gasteiger partial charge in [-0.3, -0.25) is 19.8 Å². The highest BCUT2D eigenvalue weighted by atomic mass is 32.1. The summed E-state index contributed by atoms with van der Waals surface area (Å²) in [5.41, 5.74) is 1.07. The van der Waals surface area contributed by atoms with Crippen molar-refractivity contribution in [3.05, 3.63) is 38.6 Å². The Morgan fingerprint density at radius 3 is 2.95 bits per heavy atom. The highest BCUT2D eigenvalue weighted by Gasteiger charge is 2.22. The second kappa shape index (κ2) is 5.93. The van der Waals surface area contributed by atoms with Crippen molar-refractivity contribution in [2.24, 2.45) is 0 Å². The first-order valence-electron chi connectivity index (χ1n) is 5.94. The number of hydrogen-bond donors (Lipinski definition) is 1. The van der Waals surface area contributed by atoms with Gasteiger partial charge >= 0.3 is 0 Å². The summed E-state index contributed by atoms with van der Waals surface area (Å²) in [6.45, 7) is 2.62. The van der Waals surface area contributed by atoms with Crippen molar-refractivity contribution < 1.29 is 9.66 Å². The molecular formula is C12H14N4O3S. The number of ether oxygens (including phenoxy) is 1. The van der Waals surface area contributed by atoms with Crippen LogP contribution in [0.1, 0.15) is 5.56 Å². The van der Waals surface area contributed by atoms with Gasteiger partial charge in [-0.2, -0.15) is 5.10 Å². The Bertz CT molecular complexity index is 692. The van der Waals surface area contributed by atoms with Crippen LogP contribution in [-0.2, 0) is 11.3 Å². The summed E-state index contributed by atoms with van der Waals surface area (Å²) in [4.78, 5) is 10.9. The molecule has 0 aliphatic carbocycles. The van der Waals surface area contributed by atoms with Crippen molar-refractivity contribution in [1.29, 1.82) is 0 Å². The molecule has 0 fully saturated rings. The van der Waals surface area contributed by atoms with E-state index in [0.29, 0.717) is 34.9 Å². The fourth-order valence-electron chi connectivity index (χ4n) is 2.00. The number of nitro groups is 1. The average molecular weight is 294 g/mol. The highest BCUT2D eigenvalue weighted by Crippen LogP contribution is 2.31. The lowest BCUT2D eigenvalue weighted by atomic mass is 10.1. The topological polar surface area (TPSA) is 86.0 Å². The fraction of sp³-hybridized carbons (Fsp3) is 0.333. The number of nitro benzene ring substituents is 1. The van der Waals surface area contributed by atoms with Crippen LogP contribution in [0.4, 0.5) is 5.69 Å². The molecule has 1 N–H and O–H groups in total. The van der Waals surface area contributed by atoms with Crippen molar-refractivity contribution in [1.82, 2.24) is 14.8 Å². The number of hydrogen-bond acceptors (Lipinski definition) is 5. The van der Waals surface area contributed by atoms with Gasteiger partial charge in [0, 0.05) is 12.7 Å². The summed E-state index contributed by atoms with van der Waals surface area (Å²) >= 11 is 5.15. The average Bonchev–Trinajstić information content (AvgIpc) is 2.76. The maximum absolute atomic E-state index is 11.3. The van der Waals surface area contributed by atoms with Gasteiger partial charge in [-0.15, -0.1) is 0 Å². The predicted octanol–water partition coefficient (Wildman–Crippen LogP) is 2.47. The van der Waals surface area contributed by atoms with Crippen LogP contribution in [-0.4, -0.2) is 33.4 Å². The molecule has 2 rings (SSSR count). The first-order chi connectivity index (χ1) is 9.56. The van der Waals surface area contributed by atoms with Gasteiger partial charge in [-0.1, -0.05) is 12.1 Å². The number of benzene rings is 1. The Morgan fingerprint density at radius 1 is 1.55 bits per heavy atom. The van der Waals surface area contributed by atoms with Gasteiger partial charge < -0.3 is 4.74 Å². The molecule has 106 valence electrons. The van der Waals surface area contributed by atoms with E-state index in [1.165, 1.54) is 0 Å². The number of aromatic nitrogens is 3. The van der Waals surface area contributed by atoms with Crippen molar-refractivity contribution in [2.75, 3.05) is 13.7 Å². The largest absolute Gasteiger partial charge is 0.383 e. The van der Waals surface area contributed by atoms with Crippen LogP contribution in [0.3, 0.4) is 0 Å². The van der Waals surface area contributed by atoms with Crippen LogP contribution < -0.4 is 0 Å². The van der Waals surface area contributed by atoms with Gasteiger partial charge in [-0.25, -0.2) is 0 Å². The Morgan fingerprint density at radius 2 is 2.30 bits per heavy atom. The first-order valence-corrected chi connectivity index (χ1v) is 6.35. The molecule has 1 aromatic carbocycles. The van der Waals surface area contributed by atoms with Crippen LogP contribution in [0.25, 0.3) is 11.4 Å². The summed E-state index contributed by atoms with van der Waals surface area (Å²) in [5.74, 6) is 0.447. The molecule has 8 heteroatoms. The van der Waals surface area contributed by atoms with E-state index in [4.69, 9.17) is 17.0 Å². The lowest BCUT2D eigenvalue weighted by Gasteiger charge is -2.07. The Hall–Kier alpha value is -2.06. The Balaban J connectivity index is 2.60. The lowest BCUT2D eigenvalue weighted by molar-refractivity contribution is -0.384. The molecule has 0 aliphatic heterocycles. The van der Waals surface area contributed by atoms with Crippen molar-refractivity contribution >= 4 is 17.9 Å². The molecule has 1 aromatic heterocycles.